The summed E-state index contributed by atoms with van der Waals surface area (Å²) in [5.74, 6) is 0.0165. The molecule has 0 spiro atoms. The molecular weight excluding hydrogens is 362 g/mol. The van der Waals surface area contributed by atoms with Crippen molar-refractivity contribution in [3.05, 3.63) is 93.7 Å². The molecular formula is C21H18BrNO. The molecule has 0 aliphatic rings. The zero-order valence-corrected chi connectivity index (χ0v) is 15.2. The molecule has 3 rings (SSSR count). The van der Waals surface area contributed by atoms with Crippen LogP contribution in [-0.2, 0) is 0 Å². The van der Waals surface area contributed by atoms with Crippen LogP contribution < -0.4 is 0 Å². The minimum atomic E-state index is 0.0165. The lowest BCUT2D eigenvalue weighted by molar-refractivity contribution is 0.104. The Kier molecular flexibility index (Phi) is 4.81. The number of ketones is 1. The number of halogens is 1. The van der Waals surface area contributed by atoms with Crippen LogP contribution in [0.1, 0.15) is 27.3 Å². The Balaban J connectivity index is 1.92. The van der Waals surface area contributed by atoms with Gasteiger partial charge in [0.2, 0.25) is 0 Å². The number of hydrogen-bond donors (Lipinski definition) is 0. The van der Waals surface area contributed by atoms with E-state index in [2.05, 4.69) is 52.5 Å². The number of allylic oxidation sites excluding steroid dienone is 1. The highest BCUT2D eigenvalue weighted by atomic mass is 79.9. The molecule has 0 N–H and O–H groups in total. The maximum atomic E-state index is 12.2. The Morgan fingerprint density at radius 2 is 1.75 bits per heavy atom. The number of carbonyl (C=O) groups excluding carboxylic acids is 1. The van der Waals surface area contributed by atoms with E-state index in [1.54, 1.807) is 6.08 Å². The van der Waals surface area contributed by atoms with Crippen molar-refractivity contribution >= 4 is 27.8 Å². The van der Waals surface area contributed by atoms with Crippen LogP contribution in [0.25, 0.3) is 11.8 Å². The highest BCUT2D eigenvalue weighted by Crippen LogP contribution is 2.24. The third kappa shape index (κ3) is 3.41. The van der Waals surface area contributed by atoms with Crippen LogP contribution >= 0.6 is 15.9 Å². The molecule has 0 aliphatic carbocycles. The standard InChI is InChI=1S/C21H18BrNO/c1-15-13-18(11-12-21(24)17-7-4-3-5-8-17)16(2)23(15)20-10-6-9-19(22)14-20/h3-14H,1-2H3/b12-11+. The molecule has 1 aromatic heterocycles. The lowest BCUT2D eigenvalue weighted by Gasteiger charge is -2.10. The number of benzene rings is 2. The van der Waals surface area contributed by atoms with Crippen molar-refractivity contribution in [2.24, 2.45) is 0 Å². The highest BCUT2D eigenvalue weighted by Gasteiger charge is 2.09. The van der Waals surface area contributed by atoms with E-state index in [0.29, 0.717) is 5.56 Å². The molecule has 0 radical (unpaired) electrons. The maximum absolute atomic E-state index is 12.2. The van der Waals surface area contributed by atoms with Gasteiger partial charge in [-0.15, -0.1) is 0 Å². The summed E-state index contributed by atoms with van der Waals surface area (Å²) in [5.41, 5.74) is 5.11. The molecule has 0 aliphatic heterocycles. The largest absolute Gasteiger partial charge is 0.318 e. The zero-order chi connectivity index (χ0) is 17.1. The Bertz CT molecular complexity index is 907. The minimum absolute atomic E-state index is 0.0165. The van der Waals surface area contributed by atoms with E-state index in [1.165, 1.54) is 0 Å². The average Bonchev–Trinajstić information content (AvgIpc) is 2.87. The third-order valence-corrected chi connectivity index (χ3v) is 4.50. The van der Waals surface area contributed by atoms with Gasteiger partial charge in [-0.3, -0.25) is 4.79 Å². The summed E-state index contributed by atoms with van der Waals surface area (Å²) in [4.78, 5) is 12.2. The average molecular weight is 380 g/mol. The number of aromatic nitrogens is 1. The summed E-state index contributed by atoms with van der Waals surface area (Å²) in [6, 6.07) is 19.6. The van der Waals surface area contributed by atoms with Crippen LogP contribution in [0.3, 0.4) is 0 Å². The Morgan fingerprint density at radius 1 is 1.00 bits per heavy atom. The van der Waals surface area contributed by atoms with Crippen LogP contribution in [0.4, 0.5) is 0 Å². The summed E-state index contributed by atoms with van der Waals surface area (Å²) >= 11 is 3.52. The molecule has 0 atom stereocenters. The summed E-state index contributed by atoms with van der Waals surface area (Å²) < 4.78 is 3.24. The van der Waals surface area contributed by atoms with Gasteiger partial charge in [-0.2, -0.15) is 0 Å². The van der Waals surface area contributed by atoms with Crippen molar-refractivity contribution in [2.45, 2.75) is 13.8 Å². The van der Waals surface area contributed by atoms with Crippen LogP contribution in [0.2, 0.25) is 0 Å². The monoisotopic (exact) mass is 379 g/mol. The molecule has 1 heterocycles. The zero-order valence-electron chi connectivity index (χ0n) is 13.7. The first-order valence-electron chi connectivity index (χ1n) is 7.78. The number of hydrogen-bond acceptors (Lipinski definition) is 1. The van der Waals surface area contributed by atoms with E-state index < -0.39 is 0 Å². The van der Waals surface area contributed by atoms with Crippen LogP contribution in [0, 0.1) is 13.8 Å². The van der Waals surface area contributed by atoms with Crippen molar-refractivity contribution in [3.8, 4) is 5.69 Å². The SMILES string of the molecule is Cc1cc(/C=C/C(=O)c2ccccc2)c(C)n1-c1cccc(Br)c1. The van der Waals surface area contributed by atoms with Gasteiger partial charge >= 0.3 is 0 Å². The molecule has 3 aromatic rings. The van der Waals surface area contributed by atoms with Crippen LogP contribution in [0.15, 0.2) is 71.2 Å². The Morgan fingerprint density at radius 3 is 2.46 bits per heavy atom. The molecule has 0 fully saturated rings. The van der Waals surface area contributed by atoms with E-state index in [0.717, 1.165) is 27.1 Å². The van der Waals surface area contributed by atoms with Crippen molar-refractivity contribution in [1.82, 2.24) is 4.57 Å². The van der Waals surface area contributed by atoms with Gasteiger partial charge in [0.15, 0.2) is 5.78 Å². The second-order valence-corrected chi connectivity index (χ2v) is 6.62. The summed E-state index contributed by atoms with van der Waals surface area (Å²) in [7, 11) is 0. The van der Waals surface area contributed by atoms with Gasteiger partial charge in [0.1, 0.15) is 0 Å². The third-order valence-electron chi connectivity index (χ3n) is 4.01. The van der Waals surface area contributed by atoms with E-state index in [1.807, 2.05) is 48.5 Å². The van der Waals surface area contributed by atoms with E-state index in [-0.39, 0.29) is 5.78 Å². The van der Waals surface area contributed by atoms with Gasteiger partial charge in [0.05, 0.1) is 0 Å². The molecule has 2 nitrogen and oxygen atoms in total. The Labute approximate surface area is 150 Å². The molecule has 0 unspecified atom stereocenters. The fourth-order valence-corrected chi connectivity index (χ4v) is 3.22. The predicted octanol–water partition coefficient (Wildman–Crippen LogP) is 5.75. The molecule has 0 amide bonds. The van der Waals surface area contributed by atoms with Crippen LogP contribution in [-0.4, -0.2) is 10.4 Å². The quantitative estimate of drug-likeness (QED) is 0.417. The molecule has 0 saturated carbocycles. The van der Waals surface area contributed by atoms with Gasteiger partial charge in [0, 0.05) is 27.1 Å². The van der Waals surface area contributed by atoms with Crippen molar-refractivity contribution in [3.63, 3.8) is 0 Å². The minimum Gasteiger partial charge on any atom is -0.318 e. The lowest BCUT2D eigenvalue weighted by atomic mass is 10.1. The van der Waals surface area contributed by atoms with E-state index >= 15 is 0 Å². The highest BCUT2D eigenvalue weighted by molar-refractivity contribution is 9.10. The molecule has 3 heteroatoms. The second kappa shape index (κ2) is 7.02. The fourth-order valence-electron chi connectivity index (χ4n) is 2.83. The molecule has 24 heavy (non-hydrogen) atoms. The maximum Gasteiger partial charge on any atom is 0.185 e. The number of nitrogens with zero attached hydrogens (tertiary/aromatic N) is 1. The van der Waals surface area contributed by atoms with E-state index in [9.17, 15) is 4.79 Å². The smallest absolute Gasteiger partial charge is 0.185 e. The number of aryl methyl sites for hydroxylation is 1. The van der Waals surface area contributed by atoms with Gasteiger partial charge < -0.3 is 4.57 Å². The lowest BCUT2D eigenvalue weighted by Crippen LogP contribution is -1.99. The predicted molar refractivity (Wildman–Crippen MR) is 103 cm³/mol. The molecule has 2 aromatic carbocycles. The van der Waals surface area contributed by atoms with Crippen molar-refractivity contribution in [2.75, 3.05) is 0 Å². The first kappa shape index (κ1) is 16.5. The summed E-state index contributed by atoms with van der Waals surface area (Å²) in [6.45, 7) is 4.14. The van der Waals surface area contributed by atoms with Gasteiger partial charge in [-0.1, -0.05) is 52.3 Å². The normalized spacial score (nSPS) is 11.1. The molecule has 120 valence electrons. The summed E-state index contributed by atoms with van der Waals surface area (Å²) in [5, 5.41) is 0. The Hall–Kier alpha value is -2.39. The molecule has 0 bridgehead atoms. The van der Waals surface area contributed by atoms with E-state index in [4.69, 9.17) is 0 Å². The van der Waals surface area contributed by atoms with Crippen molar-refractivity contribution in [1.29, 1.82) is 0 Å². The van der Waals surface area contributed by atoms with Gasteiger partial charge in [-0.05, 0) is 55.8 Å². The first-order valence-corrected chi connectivity index (χ1v) is 8.58. The number of rotatable bonds is 4. The topological polar surface area (TPSA) is 22.0 Å². The number of carbonyl (C=O) groups is 1. The van der Waals surface area contributed by atoms with Crippen LogP contribution in [0.5, 0.6) is 0 Å². The first-order chi connectivity index (χ1) is 11.6. The summed E-state index contributed by atoms with van der Waals surface area (Å²) in [6.07, 6.45) is 3.54. The van der Waals surface area contributed by atoms with Gasteiger partial charge in [0.25, 0.3) is 0 Å². The van der Waals surface area contributed by atoms with Gasteiger partial charge in [-0.25, -0.2) is 0 Å². The second-order valence-electron chi connectivity index (χ2n) is 5.71. The van der Waals surface area contributed by atoms with Crippen molar-refractivity contribution < 1.29 is 4.79 Å². The fraction of sp³-hybridized carbons (Fsp3) is 0.0952. The molecule has 0 saturated heterocycles.